The van der Waals surface area contributed by atoms with E-state index in [-0.39, 0.29) is 79.7 Å². The van der Waals surface area contributed by atoms with Crippen LogP contribution in [0.1, 0.15) is 0 Å². The predicted molar refractivity (Wildman–Crippen MR) is 290 cm³/mol. The molecule has 0 radical (unpaired) electrons. The largest absolute Gasteiger partial charge is 0.506 e. The summed E-state index contributed by atoms with van der Waals surface area (Å²) in [6, 6.07) is 32.8. The van der Waals surface area contributed by atoms with Gasteiger partial charge in [-0.2, -0.15) is 40.6 Å². The van der Waals surface area contributed by atoms with Crippen molar-refractivity contribution in [3.05, 3.63) is 188 Å². The highest BCUT2D eigenvalue weighted by atomic mass is 32.2. The predicted octanol–water partition coefficient (Wildman–Crippen LogP) is 12.8. The maximum Gasteiger partial charge on any atom is 0.296 e. The van der Waals surface area contributed by atoms with Crippen LogP contribution in [0.4, 0.5) is 96.7 Å². The molecule has 0 aliphatic rings. The molecule has 412 valence electrons. The van der Waals surface area contributed by atoms with Crippen molar-refractivity contribution in [2.24, 2.45) is 30.7 Å². The molecule has 0 amide bonds. The Balaban J connectivity index is 1.03. The second kappa shape index (κ2) is 23.1. The minimum absolute atomic E-state index is 0.00341. The van der Waals surface area contributed by atoms with Gasteiger partial charge in [-0.3, -0.25) is 44.0 Å². The maximum atomic E-state index is 12.1. The Kier molecular flexibility index (Phi) is 16.1. The summed E-state index contributed by atoms with van der Waals surface area (Å²) in [7, 11) is -14.6. The number of nitro benzene ring substituents is 3. The van der Waals surface area contributed by atoms with Crippen molar-refractivity contribution in [1.82, 2.24) is 0 Å². The lowest BCUT2D eigenvalue weighted by Crippen LogP contribution is -2.04. The topological polar surface area (TPSA) is 455 Å². The lowest BCUT2D eigenvalue weighted by atomic mass is 10.2. The summed E-state index contributed by atoms with van der Waals surface area (Å²) >= 11 is 0. The van der Waals surface area contributed by atoms with Gasteiger partial charge in [0.15, 0.2) is 0 Å². The van der Waals surface area contributed by atoms with Crippen LogP contribution in [0.5, 0.6) is 11.5 Å². The molecule has 0 bridgehead atoms. The number of benzene rings is 8. The fraction of sp³-hybridized carbons (Fsp3) is 0. The summed E-state index contributed by atoms with van der Waals surface area (Å²) < 4.78 is 101. The van der Waals surface area contributed by atoms with E-state index in [1.165, 1.54) is 103 Å². The van der Waals surface area contributed by atoms with Crippen molar-refractivity contribution in [3.63, 3.8) is 0 Å². The number of nitrogens with one attached hydrogen (secondary N) is 4. The molecule has 0 saturated heterocycles. The molecule has 0 heterocycles. The molecule has 0 fully saturated rings. The third-order valence-electron chi connectivity index (χ3n) is 11.0. The Morgan fingerprint density at radius 3 is 0.975 bits per heavy atom. The highest BCUT2D eigenvalue weighted by Gasteiger charge is 2.23. The van der Waals surface area contributed by atoms with Gasteiger partial charge in [-0.25, -0.2) is 0 Å². The summed E-state index contributed by atoms with van der Waals surface area (Å²) in [5.41, 5.74) is -0.368. The van der Waals surface area contributed by atoms with Crippen LogP contribution in [-0.2, 0) is 30.4 Å². The molecule has 30 nitrogen and oxygen atoms in total. The monoisotopic (exact) mass is 1160 g/mol. The first-order valence-electron chi connectivity index (χ1n) is 22.4. The molecule has 8 aromatic rings. The van der Waals surface area contributed by atoms with E-state index in [1.807, 2.05) is 0 Å². The van der Waals surface area contributed by atoms with Gasteiger partial charge in [0.2, 0.25) is 0 Å². The highest BCUT2D eigenvalue weighted by Crippen LogP contribution is 2.42. The molecule has 8 aromatic carbocycles. The van der Waals surface area contributed by atoms with Gasteiger partial charge in [0, 0.05) is 71.3 Å². The van der Waals surface area contributed by atoms with Crippen LogP contribution in [-0.4, -0.2) is 63.9 Å². The number of hydrogen-bond acceptors (Lipinski definition) is 24. The number of non-ortho nitro benzene ring substituents is 3. The minimum Gasteiger partial charge on any atom is -0.506 e. The van der Waals surface area contributed by atoms with Crippen LogP contribution < -0.4 is 21.3 Å². The third-order valence-corrected chi connectivity index (χ3v) is 13.6. The first-order chi connectivity index (χ1) is 38.3. The first-order valence-corrected chi connectivity index (χ1v) is 26.7. The molecular formula is C48H35N13O17S3. The van der Waals surface area contributed by atoms with E-state index in [0.29, 0.717) is 23.9 Å². The summed E-state index contributed by atoms with van der Waals surface area (Å²) in [6.45, 7) is 0. The number of rotatable bonds is 20. The average molecular weight is 1160 g/mol. The molecule has 0 aliphatic heterocycles. The summed E-state index contributed by atoms with van der Waals surface area (Å²) in [4.78, 5) is 29.0. The molecule has 8 rings (SSSR count). The van der Waals surface area contributed by atoms with Gasteiger partial charge in [0.1, 0.15) is 43.2 Å². The van der Waals surface area contributed by atoms with E-state index in [9.17, 15) is 79.5 Å². The lowest BCUT2D eigenvalue weighted by molar-refractivity contribution is -0.385. The number of anilines is 8. The van der Waals surface area contributed by atoms with E-state index < -0.39 is 82.6 Å². The van der Waals surface area contributed by atoms with Gasteiger partial charge in [-0.1, -0.05) is 0 Å². The fourth-order valence-corrected chi connectivity index (χ4v) is 9.13. The Labute approximate surface area is 455 Å². The van der Waals surface area contributed by atoms with Crippen LogP contribution in [0.2, 0.25) is 0 Å². The first kappa shape index (κ1) is 56.5. The molecular weight excluding hydrogens is 1130 g/mol. The van der Waals surface area contributed by atoms with Crippen LogP contribution >= 0.6 is 0 Å². The van der Waals surface area contributed by atoms with Gasteiger partial charge >= 0.3 is 0 Å². The number of aromatic hydroxyl groups is 2. The summed E-state index contributed by atoms with van der Waals surface area (Å²) in [6.07, 6.45) is 0. The molecule has 0 unspecified atom stereocenters. The van der Waals surface area contributed by atoms with Crippen LogP contribution in [0.25, 0.3) is 0 Å². The second-order valence-corrected chi connectivity index (χ2v) is 20.7. The third kappa shape index (κ3) is 14.3. The number of phenols is 2. The summed E-state index contributed by atoms with van der Waals surface area (Å²) in [5, 5.41) is 92.3. The van der Waals surface area contributed by atoms with Crippen LogP contribution in [0.15, 0.2) is 203 Å². The molecule has 81 heavy (non-hydrogen) atoms. The van der Waals surface area contributed by atoms with Crippen molar-refractivity contribution < 1.29 is 63.9 Å². The van der Waals surface area contributed by atoms with Gasteiger partial charge < -0.3 is 31.5 Å². The number of hydrogen-bond donors (Lipinski definition) is 9. The fourth-order valence-electron chi connectivity index (χ4n) is 7.13. The molecule has 0 atom stereocenters. The molecule has 0 aromatic heterocycles. The van der Waals surface area contributed by atoms with E-state index in [0.717, 1.165) is 36.4 Å². The zero-order chi connectivity index (χ0) is 58.4. The maximum absolute atomic E-state index is 12.1. The molecule has 0 spiro atoms. The Hall–Kier alpha value is -10.7. The minimum atomic E-state index is -4.90. The van der Waals surface area contributed by atoms with Gasteiger partial charge in [-0.05, 0) is 109 Å². The van der Waals surface area contributed by atoms with Crippen molar-refractivity contribution in [2.45, 2.75) is 14.7 Å². The van der Waals surface area contributed by atoms with E-state index in [4.69, 9.17) is 0 Å². The molecule has 9 N–H and O–H groups in total. The van der Waals surface area contributed by atoms with Gasteiger partial charge in [-0.15, -0.1) is 15.3 Å². The SMILES string of the molecule is O=[N+]([O-])c1ccc(Nc2ccc(N=Nc3ccc(Nc4cc(O)c(N=Nc5ccc(Nc6ccc([N+](=O)[O-])cc6S(=O)(=O)O)cc5)cc4N=Nc4ccc(Nc5ccc([N+](=O)[O-])cc5S(=O)(=O)O)cc4)cc3O)cc2)c(S(=O)(=O)O)c1. The Morgan fingerprint density at radius 1 is 0.333 bits per heavy atom. The zero-order valence-corrected chi connectivity index (χ0v) is 42.8. The standard InChI is InChI=1S/C48H35N13O17S3/c62-44-21-33(13-17-37(44)56-53-30-7-1-27(2-8-30)49-38-18-14-34(59(64)65)22-46(38)79(70,71)72)52-41-26-45(63)43(58-55-32-11-5-29(6-12-32)51-40-20-16-36(61(68)69)24-48(40)81(76,77)78)25-42(41)57-54-31-9-3-28(4-10-31)50-39-19-15-35(60(66)67)23-47(39)80(73,74)75/h1-26,49-52,62-63H,(H,70,71,72)(H,73,74,75)(H,76,77,78). The Morgan fingerprint density at radius 2 is 0.642 bits per heavy atom. The van der Waals surface area contributed by atoms with Crippen LogP contribution in [0.3, 0.4) is 0 Å². The van der Waals surface area contributed by atoms with Crippen molar-refractivity contribution in [1.29, 1.82) is 0 Å². The van der Waals surface area contributed by atoms with Crippen LogP contribution in [0, 0.1) is 30.3 Å². The average Bonchev–Trinajstić information content (AvgIpc) is 3.57. The zero-order valence-electron chi connectivity index (χ0n) is 40.4. The van der Waals surface area contributed by atoms with Crippen molar-refractivity contribution in [2.75, 3.05) is 21.3 Å². The van der Waals surface area contributed by atoms with Gasteiger partial charge in [0.05, 0.1) is 54.6 Å². The molecule has 33 heteroatoms. The normalized spacial score (nSPS) is 11.9. The number of azo groups is 3. The number of nitro groups is 3. The van der Waals surface area contributed by atoms with E-state index in [2.05, 4.69) is 52.0 Å². The van der Waals surface area contributed by atoms with E-state index in [1.54, 1.807) is 0 Å². The second-order valence-electron chi connectivity index (χ2n) is 16.5. The Bertz CT molecular complexity index is 4270. The van der Waals surface area contributed by atoms with Crippen molar-refractivity contribution in [3.8, 4) is 11.5 Å². The smallest absolute Gasteiger partial charge is 0.296 e. The van der Waals surface area contributed by atoms with Gasteiger partial charge in [0.25, 0.3) is 47.4 Å². The molecule has 0 aliphatic carbocycles. The summed E-state index contributed by atoms with van der Waals surface area (Å²) in [5.74, 6) is -0.794. The molecule has 0 saturated carbocycles. The number of nitrogens with zero attached hydrogens (tertiary/aromatic N) is 9. The lowest BCUT2D eigenvalue weighted by Gasteiger charge is -2.12. The number of phenolic OH excluding ortho intramolecular Hbond substituents is 2. The highest BCUT2D eigenvalue weighted by molar-refractivity contribution is 7.86. The quantitative estimate of drug-likeness (QED) is 0.0148. The van der Waals surface area contributed by atoms with E-state index >= 15 is 0 Å². The van der Waals surface area contributed by atoms with Crippen molar-refractivity contribution >= 4 is 127 Å².